The number of benzene rings is 1. The van der Waals surface area contributed by atoms with Crippen LogP contribution in [0.3, 0.4) is 0 Å². The van der Waals surface area contributed by atoms with Crippen LogP contribution in [-0.2, 0) is 4.74 Å². The first-order chi connectivity index (χ1) is 12.6. The summed E-state index contributed by atoms with van der Waals surface area (Å²) in [6.45, 7) is 4.02. The maximum Gasteiger partial charge on any atom is 0.273 e. The number of carbonyl (C=O) groups excluding carboxylic acids is 1. The standard InChI is InChI=1S/C18H24FN5O2.ClH/c1-12-17(22-23-24(12)15-7-9-20-10-8-15)18(25)21-11-16(26-2)13-3-5-14(19)6-4-13;/h3-6,15-16,20H,7-11H2,1-2H3,(H,21,25);1H. The highest BCUT2D eigenvalue weighted by molar-refractivity contribution is 5.93. The molecule has 0 bridgehead atoms. The second kappa shape index (κ2) is 9.77. The summed E-state index contributed by atoms with van der Waals surface area (Å²) in [5.74, 6) is -0.593. The molecule has 7 nitrogen and oxygen atoms in total. The SMILES string of the molecule is COC(CNC(=O)c1nnn(C2CCNCC2)c1C)c1ccc(F)cc1.Cl. The van der Waals surface area contributed by atoms with Gasteiger partial charge in [-0.25, -0.2) is 9.07 Å². The number of carbonyl (C=O) groups is 1. The van der Waals surface area contributed by atoms with Gasteiger partial charge in [-0.1, -0.05) is 17.3 Å². The zero-order valence-electron chi connectivity index (χ0n) is 15.4. The summed E-state index contributed by atoms with van der Waals surface area (Å²) in [5.41, 5.74) is 1.90. The molecule has 1 aliphatic rings. The third-order valence-corrected chi connectivity index (χ3v) is 4.77. The van der Waals surface area contributed by atoms with Crippen LogP contribution < -0.4 is 10.6 Å². The van der Waals surface area contributed by atoms with Gasteiger partial charge in [-0.15, -0.1) is 17.5 Å². The zero-order chi connectivity index (χ0) is 18.5. The number of amides is 1. The molecule has 0 aliphatic carbocycles. The summed E-state index contributed by atoms with van der Waals surface area (Å²) in [7, 11) is 1.55. The smallest absolute Gasteiger partial charge is 0.273 e. The maximum absolute atomic E-state index is 13.1. The zero-order valence-corrected chi connectivity index (χ0v) is 16.3. The van der Waals surface area contributed by atoms with E-state index in [0.717, 1.165) is 37.2 Å². The lowest BCUT2D eigenvalue weighted by Crippen LogP contribution is -2.31. The summed E-state index contributed by atoms with van der Waals surface area (Å²) in [5, 5.41) is 14.4. The van der Waals surface area contributed by atoms with Gasteiger partial charge in [0.05, 0.1) is 17.8 Å². The molecule has 1 saturated heterocycles. The van der Waals surface area contributed by atoms with E-state index in [0.29, 0.717) is 5.69 Å². The van der Waals surface area contributed by atoms with Gasteiger partial charge in [0.15, 0.2) is 5.69 Å². The highest BCUT2D eigenvalue weighted by atomic mass is 35.5. The summed E-state index contributed by atoms with van der Waals surface area (Å²) >= 11 is 0. The fourth-order valence-electron chi connectivity index (χ4n) is 3.23. The van der Waals surface area contributed by atoms with E-state index in [1.54, 1.807) is 19.2 Å². The lowest BCUT2D eigenvalue weighted by atomic mass is 10.1. The van der Waals surface area contributed by atoms with Crippen molar-refractivity contribution in [2.75, 3.05) is 26.7 Å². The van der Waals surface area contributed by atoms with Gasteiger partial charge in [0, 0.05) is 13.7 Å². The highest BCUT2D eigenvalue weighted by Gasteiger charge is 2.23. The van der Waals surface area contributed by atoms with E-state index in [2.05, 4.69) is 20.9 Å². The summed E-state index contributed by atoms with van der Waals surface area (Å²) in [4.78, 5) is 12.5. The minimum Gasteiger partial charge on any atom is -0.375 e. The van der Waals surface area contributed by atoms with Crippen molar-refractivity contribution in [3.63, 3.8) is 0 Å². The molecule has 2 N–H and O–H groups in total. The van der Waals surface area contributed by atoms with Crippen molar-refractivity contribution in [3.8, 4) is 0 Å². The Morgan fingerprint density at radius 2 is 2.04 bits per heavy atom. The van der Waals surface area contributed by atoms with E-state index in [1.165, 1.54) is 12.1 Å². The van der Waals surface area contributed by atoms with Crippen LogP contribution in [0, 0.1) is 12.7 Å². The molecule has 0 spiro atoms. The van der Waals surface area contributed by atoms with Gasteiger partial charge in [-0.2, -0.15) is 0 Å². The molecule has 27 heavy (non-hydrogen) atoms. The van der Waals surface area contributed by atoms with E-state index >= 15 is 0 Å². The van der Waals surface area contributed by atoms with Crippen LogP contribution in [0.15, 0.2) is 24.3 Å². The molecule has 2 heterocycles. The van der Waals surface area contributed by atoms with Crippen molar-refractivity contribution >= 4 is 18.3 Å². The molecule has 1 fully saturated rings. The minimum atomic E-state index is -0.362. The van der Waals surface area contributed by atoms with Crippen molar-refractivity contribution in [2.45, 2.75) is 31.9 Å². The number of methoxy groups -OCH3 is 1. The van der Waals surface area contributed by atoms with Gasteiger partial charge in [0.1, 0.15) is 5.82 Å². The average Bonchev–Trinajstić information content (AvgIpc) is 3.05. The van der Waals surface area contributed by atoms with Gasteiger partial charge >= 0.3 is 0 Å². The van der Waals surface area contributed by atoms with Crippen LogP contribution in [0.5, 0.6) is 0 Å². The summed E-state index contributed by atoms with van der Waals surface area (Å²) < 4.78 is 20.3. The number of aromatic nitrogens is 3. The van der Waals surface area contributed by atoms with Crippen LogP contribution in [0.1, 0.15) is 46.7 Å². The molecule has 1 aromatic carbocycles. The Morgan fingerprint density at radius 1 is 1.37 bits per heavy atom. The first kappa shape index (κ1) is 21.3. The van der Waals surface area contributed by atoms with Crippen molar-refractivity contribution in [1.29, 1.82) is 0 Å². The second-order valence-corrected chi connectivity index (χ2v) is 6.44. The normalized spacial score (nSPS) is 15.8. The number of piperidine rings is 1. The molecule has 2 aromatic rings. The Balaban J connectivity index is 0.00000261. The molecule has 0 radical (unpaired) electrons. The molecule has 0 saturated carbocycles. The third kappa shape index (κ3) is 5.03. The van der Waals surface area contributed by atoms with Gasteiger partial charge in [-0.3, -0.25) is 4.79 Å². The first-order valence-corrected chi connectivity index (χ1v) is 8.79. The highest BCUT2D eigenvalue weighted by Crippen LogP contribution is 2.20. The molecule has 1 aliphatic heterocycles. The number of halogens is 2. The largest absolute Gasteiger partial charge is 0.375 e. The molecule has 1 atom stereocenters. The van der Waals surface area contributed by atoms with E-state index in [1.807, 2.05) is 11.6 Å². The Labute approximate surface area is 164 Å². The van der Waals surface area contributed by atoms with Crippen LogP contribution in [0.2, 0.25) is 0 Å². The van der Waals surface area contributed by atoms with E-state index < -0.39 is 0 Å². The fourth-order valence-corrected chi connectivity index (χ4v) is 3.23. The molecule has 1 unspecified atom stereocenters. The molecule has 1 aromatic heterocycles. The van der Waals surface area contributed by atoms with Gasteiger partial charge in [0.25, 0.3) is 5.91 Å². The fraction of sp³-hybridized carbons (Fsp3) is 0.500. The van der Waals surface area contributed by atoms with Crippen LogP contribution in [-0.4, -0.2) is 47.6 Å². The van der Waals surface area contributed by atoms with Crippen LogP contribution in [0.4, 0.5) is 4.39 Å². The Morgan fingerprint density at radius 3 is 2.67 bits per heavy atom. The summed E-state index contributed by atoms with van der Waals surface area (Å²) in [6.07, 6.45) is 1.59. The second-order valence-electron chi connectivity index (χ2n) is 6.44. The monoisotopic (exact) mass is 397 g/mol. The van der Waals surface area contributed by atoms with E-state index in [9.17, 15) is 9.18 Å². The molecule has 3 rings (SSSR count). The Bertz CT molecular complexity index is 747. The lowest BCUT2D eigenvalue weighted by Gasteiger charge is -2.23. The van der Waals surface area contributed by atoms with Crippen molar-refractivity contribution < 1.29 is 13.9 Å². The topological polar surface area (TPSA) is 81.1 Å². The number of nitrogens with zero attached hydrogens (tertiary/aromatic N) is 3. The molecule has 9 heteroatoms. The van der Waals surface area contributed by atoms with Gasteiger partial charge < -0.3 is 15.4 Å². The number of nitrogens with one attached hydrogen (secondary N) is 2. The predicted octanol–water partition coefficient (Wildman–Crippen LogP) is 2.19. The van der Waals surface area contributed by atoms with Crippen LogP contribution in [0.25, 0.3) is 0 Å². The summed E-state index contributed by atoms with van der Waals surface area (Å²) in [6, 6.07) is 6.31. The average molecular weight is 398 g/mol. The quantitative estimate of drug-likeness (QED) is 0.781. The van der Waals surface area contributed by atoms with Crippen molar-refractivity contribution in [1.82, 2.24) is 25.6 Å². The third-order valence-electron chi connectivity index (χ3n) is 4.77. The molecule has 1 amide bonds. The van der Waals surface area contributed by atoms with E-state index in [4.69, 9.17) is 4.74 Å². The van der Waals surface area contributed by atoms with Gasteiger partial charge in [-0.05, 0) is 50.6 Å². The first-order valence-electron chi connectivity index (χ1n) is 8.79. The lowest BCUT2D eigenvalue weighted by molar-refractivity contribution is 0.0823. The van der Waals surface area contributed by atoms with Crippen molar-refractivity contribution in [2.24, 2.45) is 0 Å². The Kier molecular flexibility index (Phi) is 7.70. The van der Waals surface area contributed by atoms with Crippen LogP contribution >= 0.6 is 12.4 Å². The van der Waals surface area contributed by atoms with Crippen molar-refractivity contribution in [3.05, 3.63) is 47.0 Å². The maximum atomic E-state index is 13.1. The minimum absolute atomic E-state index is 0. The molecular formula is C18H25ClFN5O2. The molecule has 148 valence electrons. The molecular weight excluding hydrogens is 373 g/mol. The predicted molar refractivity (Wildman–Crippen MR) is 102 cm³/mol. The number of ether oxygens (including phenoxy) is 1. The Hall–Kier alpha value is -2.03. The number of rotatable bonds is 6. The van der Waals surface area contributed by atoms with Gasteiger partial charge in [0.2, 0.25) is 0 Å². The number of hydrogen-bond acceptors (Lipinski definition) is 5. The van der Waals surface area contributed by atoms with E-state index in [-0.39, 0.29) is 42.8 Å². The number of hydrogen-bond donors (Lipinski definition) is 2.